The molecule has 0 aromatic heterocycles. The molecule has 1 saturated carbocycles. The van der Waals surface area contributed by atoms with Crippen molar-refractivity contribution in [3.05, 3.63) is 12.2 Å². The fourth-order valence-corrected chi connectivity index (χ4v) is 1.41. The van der Waals surface area contributed by atoms with Gasteiger partial charge in [0.1, 0.15) is 0 Å². The maximum Gasteiger partial charge on any atom is 0.0462 e. The summed E-state index contributed by atoms with van der Waals surface area (Å²) in [4.78, 5) is 0. The first-order chi connectivity index (χ1) is 4.33. The van der Waals surface area contributed by atoms with Crippen LogP contribution in [-0.2, 0) is 0 Å². The zero-order valence-corrected chi connectivity index (χ0v) is 5.77. The van der Waals surface area contributed by atoms with Crippen molar-refractivity contribution in [3.63, 3.8) is 0 Å². The van der Waals surface area contributed by atoms with Crippen LogP contribution in [0.3, 0.4) is 0 Å². The van der Waals surface area contributed by atoms with E-state index in [0.717, 1.165) is 6.42 Å². The molecule has 0 aromatic carbocycles. The number of allylic oxidation sites excluding steroid dienone is 1. The number of aliphatic hydroxyl groups is 1. The number of rotatable bonds is 1. The lowest BCUT2D eigenvalue weighted by Gasteiger charge is -2.20. The molecule has 1 aliphatic rings. The zero-order chi connectivity index (χ0) is 6.69. The normalized spacial score (nSPS) is 28.6. The lowest BCUT2D eigenvalue weighted by Crippen LogP contribution is -2.11. The Morgan fingerprint density at radius 2 is 2.44 bits per heavy atom. The van der Waals surface area contributed by atoms with Crippen molar-refractivity contribution >= 4 is 0 Å². The van der Waals surface area contributed by atoms with E-state index >= 15 is 0 Å². The van der Waals surface area contributed by atoms with Gasteiger partial charge in [-0.15, -0.1) is 0 Å². The average molecular weight is 126 g/mol. The van der Waals surface area contributed by atoms with E-state index in [4.69, 9.17) is 5.11 Å². The summed E-state index contributed by atoms with van der Waals surface area (Å²) in [5.74, 6) is 0.520. The third kappa shape index (κ3) is 1.83. The van der Waals surface area contributed by atoms with Crippen LogP contribution < -0.4 is 0 Å². The second-order valence-corrected chi connectivity index (χ2v) is 2.89. The molecule has 0 radical (unpaired) electrons. The highest BCUT2D eigenvalue weighted by molar-refractivity contribution is 4.98. The second kappa shape index (κ2) is 3.02. The zero-order valence-electron chi connectivity index (χ0n) is 5.77. The minimum absolute atomic E-state index is 0.346. The van der Waals surface area contributed by atoms with Gasteiger partial charge in [-0.2, -0.15) is 0 Å². The molecule has 0 saturated heterocycles. The van der Waals surface area contributed by atoms with Crippen LogP contribution in [0, 0.1) is 5.92 Å². The fourth-order valence-electron chi connectivity index (χ4n) is 1.41. The quantitative estimate of drug-likeness (QED) is 0.530. The topological polar surface area (TPSA) is 20.2 Å². The van der Waals surface area contributed by atoms with Crippen LogP contribution >= 0.6 is 0 Å². The molecule has 0 heterocycles. The summed E-state index contributed by atoms with van der Waals surface area (Å²) in [7, 11) is 0. The third-order valence-corrected chi connectivity index (χ3v) is 1.98. The van der Waals surface area contributed by atoms with Crippen LogP contribution in [0.1, 0.15) is 25.7 Å². The van der Waals surface area contributed by atoms with Crippen molar-refractivity contribution in [1.82, 2.24) is 0 Å². The standard InChI is InChI=1S/C8H14O/c1-7-3-2-4-8(5-7)6-9/h8-9H,1-6H2. The maximum atomic E-state index is 8.77. The van der Waals surface area contributed by atoms with Gasteiger partial charge in [0.05, 0.1) is 0 Å². The molecule has 0 bridgehead atoms. The highest BCUT2D eigenvalue weighted by atomic mass is 16.3. The van der Waals surface area contributed by atoms with Gasteiger partial charge >= 0.3 is 0 Å². The molecule has 1 fully saturated rings. The van der Waals surface area contributed by atoms with E-state index in [1.807, 2.05) is 0 Å². The average Bonchev–Trinajstić information content (AvgIpc) is 1.88. The molecule has 1 atom stereocenters. The molecule has 1 rings (SSSR count). The second-order valence-electron chi connectivity index (χ2n) is 2.89. The fraction of sp³-hybridized carbons (Fsp3) is 0.750. The summed E-state index contributed by atoms with van der Waals surface area (Å²) in [6, 6.07) is 0. The third-order valence-electron chi connectivity index (χ3n) is 1.98. The molecule has 52 valence electrons. The summed E-state index contributed by atoms with van der Waals surface area (Å²) in [5, 5.41) is 8.77. The molecule has 1 aliphatic carbocycles. The largest absolute Gasteiger partial charge is 0.396 e. The van der Waals surface area contributed by atoms with Gasteiger partial charge < -0.3 is 5.11 Å². The molecule has 0 aromatic rings. The number of aliphatic hydroxyl groups excluding tert-OH is 1. The molecule has 0 aliphatic heterocycles. The molecule has 1 nitrogen and oxygen atoms in total. The minimum Gasteiger partial charge on any atom is -0.396 e. The summed E-state index contributed by atoms with van der Waals surface area (Å²) < 4.78 is 0. The molecule has 9 heavy (non-hydrogen) atoms. The molecule has 1 heteroatoms. The highest BCUT2D eigenvalue weighted by Crippen LogP contribution is 2.26. The summed E-state index contributed by atoms with van der Waals surface area (Å²) in [6.07, 6.45) is 4.65. The van der Waals surface area contributed by atoms with Crippen LogP contribution in [0.5, 0.6) is 0 Å². The van der Waals surface area contributed by atoms with E-state index in [0.29, 0.717) is 12.5 Å². The Balaban J connectivity index is 2.32. The van der Waals surface area contributed by atoms with Crippen LogP contribution in [0.2, 0.25) is 0 Å². The SMILES string of the molecule is C=C1CCCC(CO)C1. The monoisotopic (exact) mass is 126 g/mol. The Labute approximate surface area is 56.4 Å². The van der Waals surface area contributed by atoms with E-state index in [9.17, 15) is 0 Å². The van der Waals surface area contributed by atoms with Crippen LogP contribution in [0.25, 0.3) is 0 Å². The van der Waals surface area contributed by atoms with Gasteiger partial charge in [0.2, 0.25) is 0 Å². The molecule has 0 amide bonds. The van der Waals surface area contributed by atoms with Crippen molar-refractivity contribution in [1.29, 1.82) is 0 Å². The Morgan fingerprint density at radius 3 is 2.89 bits per heavy atom. The smallest absolute Gasteiger partial charge is 0.0462 e. The molecule has 0 spiro atoms. The number of hydrogen-bond acceptors (Lipinski definition) is 1. The van der Waals surface area contributed by atoms with Crippen molar-refractivity contribution < 1.29 is 5.11 Å². The van der Waals surface area contributed by atoms with E-state index in [2.05, 4.69) is 6.58 Å². The van der Waals surface area contributed by atoms with Crippen molar-refractivity contribution in [2.75, 3.05) is 6.61 Å². The van der Waals surface area contributed by atoms with Gasteiger partial charge in [0.25, 0.3) is 0 Å². The van der Waals surface area contributed by atoms with Gasteiger partial charge in [0, 0.05) is 6.61 Å². The predicted octanol–water partition coefficient (Wildman–Crippen LogP) is 1.73. The molecular weight excluding hydrogens is 112 g/mol. The van der Waals surface area contributed by atoms with Crippen LogP contribution in [0.15, 0.2) is 12.2 Å². The first-order valence-corrected chi connectivity index (χ1v) is 3.60. The minimum atomic E-state index is 0.346. The first-order valence-electron chi connectivity index (χ1n) is 3.60. The Kier molecular flexibility index (Phi) is 2.29. The maximum absolute atomic E-state index is 8.77. The van der Waals surface area contributed by atoms with Gasteiger partial charge in [0.15, 0.2) is 0 Å². The van der Waals surface area contributed by atoms with Gasteiger partial charge in [-0.05, 0) is 31.6 Å². The summed E-state index contributed by atoms with van der Waals surface area (Å²) >= 11 is 0. The van der Waals surface area contributed by atoms with E-state index < -0.39 is 0 Å². The number of hydrogen-bond donors (Lipinski definition) is 1. The van der Waals surface area contributed by atoms with Gasteiger partial charge in [-0.25, -0.2) is 0 Å². The van der Waals surface area contributed by atoms with Crippen LogP contribution in [-0.4, -0.2) is 11.7 Å². The summed E-state index contributed by atoms with van der Waals surface area (Å²) in [5.41, 5.74) is 1.32. The molecular formula is C8H14O. The predicted molar refractivity (Wildman–Crippen MR) is 38.2 cm³/mol. The van der Waals surface area contributed by atoms with Crippen molar-refractivity contribution in [2.45, 2.75) is 25.7 Å². The summed E-state index contributed by atoms with van der Waals surface area (Å²) in [6.45, 7) is 4.25. The van der Waals surface area contributed by atoms with Gasteiger partial charge in [-0.1, -0.05) is 12.2 Å². The van der Waals surface area contributed by atoms with E-state index in [1.54, 1.807) is 0 Å². The van der Waals surface area contributed by atoms with Crippen LogP contribution in [0.4, 0.5) is 0 Å². The Morgan fingerprint density at radius 1 is 1.67 bits per heavy atom. The molecule has 1 unspecified atom stereocenters. The van der Waals surface area contributed by atoms with Crippen molar-refractivity contribution in [2.24, 2.45) is 5.92 Å². The van der Waals surface area contributed by atoms with E-state index in [-0.39, 0.29) is 0 Å². The first kappa shape index (κ1) is 6.81. The lowest BCUT2D eigenvalue weighted by atomic mass is 9.87. The lowest BCUT2D eigenvalue weighted by molar-refractivity contribution is 0.206. The molecule has 1 N–H and O–H groups in total. The van der Waals surface area contributed by atoms with E-state index in [1.165, 1.54) is 24.8 Å². The van der Waals surface area contributed by atoms with Crippen molar-refractivity contribution in [3.8, 4) is 0 Å². The van der Waals surface area contributed by atoms with Gasteiger partial charge in [-0.3, -0.25) is 0 Å². The highest BCUT2D eigenvalue weighted by Gasteiger charge is 2.13. The Bertz CT molecular complexity index is 107. The Hall–Kier alpha value is -0.300.